The summed E-state index contributed by atoms with van der Waals surface area (Å²) >= 11 is 0. The molecule has 1 heterocycles. The molecule has 0 unspecified atom stereocenters. The van der Waals surface area contributed by atoms with Gasteiger partial charge >= 0.3 is 12.0 Å². The van der Waals surface area contributed by atoms with E-state index in [0.717, 1.165) is 12.0 Å². The lowest BCUT2D eigenvalue weighted by molar-refractivity contribution is -0.00253. The number of rotatable bonds is 4. The average molecular weight is 320 g/mol. The zero-order valence-electron chi connectivity index (χ0n) is 13.7. The molecule has 0 saturated carbocycles. The maximum absolute atomic E-state index is 12.1. The highest BCUT2D eigenvalue weighted by Gasteiger charge is 2.30. The molecule has 23 heavy (non-hydrogen) atoms. The van der Waals surface area contributed by atoms with Crippen LogP contribution in [-0.4, -0.2) is 47.3 Å². The first-order valence-electron chi connectivity index (χ1n) is 7.92. The maximum Gasteiger partial charge on any atom is 0.338 e. The molecule has 1 aliphatic rings. The van der Waals surface area contributed by atoms with Gasteiger partial charge in [0.2, 0.25) is 0 Å². The SMILES string of the molecule is CCOC(=O)c1ccc(CNC(=O)N2CCC[C@@](C)(O)C2)cc1. The number of esters is 1. The number of nitrogens with one attached hydrogen (secondary N) is 1. The average Bonchev–Trinajstić information content (AvgIpc) is 2.52. The second-order valence-electron chi connectivity index (χ2n) is 6.10. The highest BCUT2D eigenvalue weighted by molar-refractivity contribution is 5.89. The molecule has 2 N–H and O–H groups in total. The van der Waals surface area contributed by atoms with Crippen molar-refractivity contribution in [3.05, 3.63) is 35.4 Å². The number of β-amino-alcohol motifs (C(OH)–C–C–N with tert-alkyl or cyclic N) is 1. The van der Waals surface area contributed by atoms with E-state index < -0.39 is 5.60 Å². The Bertz CT molecular complexity index is 554. The fourth-order valence-electron chi connectivity index (χ4n) is 2.66. The van der Waals surface area contributed by atoms with Crippen molar-refractivity contribution >= 4 is 12.0 Å². The molecule has 1 aromatic carbocycles. The van der Waals surface area contributed by atoms with Gasteiger partial charge in [0, 0.05) is 13.1 Å². The Morgan fingerprint density at radius 2 is 2.04 bits per heavy atom. The molecule has 6 nitrogen and oxygen atoms in total. The molecule has 0 aromatic heterocycles. The molecule has 1 saturated heterocycles. The minimum atomic E-state index is -0.809. The molecule has 1 fully saturated rings. The van der Waals surface area contributed by atoms with E-state index in [1.807, 2.05) is 0 Å². The van der Waals surface area contributed by atoms with Crippen molar-refractivity contribution in [2.45, 2.75) is 38.8 Å². The molecule has 126 valence electrons. The van der Waals surface area contributed by atoms with E-state index in [4.69, 9.17) is 4.74 Å². The molecule has 2 rings (SSSR count). The van der Waals surface area contributed by atoms with Crippen LogP contribution in [0.15, 0.2) is 24.3 Å². The maximum atomic E-state index is 12.1. The number of carbonyl (C=O) groups excluding carboxylic acids is 2. The van der Waals surface area contributed by atoms with Gasteiger partial charge in [-0.3, -0.25) is 0 Å². The second kappa shape index (κ2) is 7.46. The van der Waals surface area contributed by atoms with Crippen LogP contribution in [0.2, 0.25) is 0 Å². The van der Waals surface area contributed by atoms with Gasteiger partial charge in [-0.05, 0) is 44.4 Å². The van der Waals surface area contributed by atoms with E-state index in [9.17, 15) is 14.7 Å². The number of benzene rings is 1. The Hall–Kier alpha value is -2.08. The highest BCUT2D eigenvalue weighted by atomic mass is 16.5. The minimum Gasteiger partial charge on any atom is -0.462 e. The molecule has 0 aliphatic carbocycles. The summed E-state index contributed by atoms with van der Waals surface area (Å²) in [5.74, 6) is -0.348. The van der Waals surface area contributed by atoms with Gasteiger partial charge in [0.05, 0.1) is 24.3 Å². The quantitative estimate of drug-likeness (QED) is 0.831. The summed E-state index contributed by atoms with van der Waals surface area (Å²) in [5.41, 5.74) is 0.584. The molecule has 1 atom stereocenters. The van der Waals surface area contributed by atoms with Crippen LogP contribution >= 0.6 is 0 Å². The van der Waals surface area contributed by atoms with Gasteiger partial charge in [0.1, 0.15) is 0 Å². The van der Waals surface area contributed by atoms with Gasteiger partial charge in [-0.1, -0.05) is 12.1 Å². The number of nitrogens with zero attached hydrogens (tertiary/aromatic N) is 1. The predicted octanol–water partition coefficient (Wildman–Crippen LogP) is 1.92. The van der Waals surface area contributed by atoms with Crippen molar-refractivity contribution in [1.82, 2.24) is 10.2 Å². The summed E-state index contributed by atoms with van der Waals surface area (Å²) < 4.78 is 4.93. The van der Waals surface area contributed by atoms with E-state index in [1.165, 1.54) is 0 Å². The zero-order valence-corrected chi connectivity index (χ0v) is 13.7. The lowest BCUT2D eigenvalue weighted by atomic mass is 9.95. The Kier molecular flexibility index (Phi) is 5.60. The Balaban J connectivity index is 1.85. The summed E-state index contributed by atoms with van der Waals surface area (Å²) in [5, 5.41) is 12.9. The lowest BCUT2D eigenvalue weighted by Gasteiger charge is -2.36. The highest BCUT2D eigenvalue weighted by Crippen LogP contribution is 2.20. The van der Waals surface area contributed by atoms with Crippen LogP contribution in [0.1, 0.15) is 42.6 Å². The van der Waals surface area contributed by atoms with Crippen LogP contribution in [-0.2, 0) is 11.3 Å². The summed E-state index contributed by atoms with van der Waals surface area (Å²) in [7, 11) is 0. The Morgan fingerprint density at radius 3 is 2.65 bits per heavy atom. The Labute approximate surface area is 136 Å². The smallest absolute Gasteiger partial charge is 0.338 e. The van der Waals surface area contributed by atoms with Crippen LogP contribution in [0.4, 0.5) is 4.79 Å². The van der Waals surface area contributed by atoms with Crippen molar-refractivity contribution in [3.8, 4) is 0 Å². The number of likely N-dealkylation sites (tertiary alicyclic amines) is 1. The lowest BCUT2D eigenvalue weighted by Crippen LogP contribution is -2.51. The predicted molar refractivity (Wildman–Crippen MR) is 86.1 cm³/mol. The van der Waals surface area contributed by atoms with E-state index in [0.29, 0.717) is 38.2 Å². The van der Waals surface area contributed by atoms with Gasteiger partial charge in [0.15, 0.2) is 0 Å². The van der Waals surface area contributed by atoms with Crippen molar-refractivity contribution in [2.24, 2.45) is 0 Å². The number of piperidine rings is 1. The fraction of sp³-hybridized carbons (Fsp3) is 0.529. The zero-order chi connectivity index (χ0) is 16.9. The van der Waals surface area contributed by atoms with E-state index in [1.54, 1.807) is 43.0 Å². The summed E-state index contributed by atoms with van der Waals surface area (Å²) in [6.45, 7) is 5.24. The number of amides is 2. The van der Waals surface area contributed by atoms with Crippen molar-refractivity contribution < 1.29 is 19.4 Å². The normalized spacial score (nSPS) is 20.9. The number of hydrogen-bond acceptors (Lipinski definition) is 4. The molecular formula is C17H24N2O4. The molecule has 0 radical (unpaired) electrons. The number of aliphatic hydroxyl groups is 1. The van der Waals surface area contributed by atoms with E-state index >= 15 is 0 Å². The molecular weight excluding hydrogens is 296 g/mol. The van der Waals surface area contributed by atoms with Crippen LogP contribution in [0.25, 0.3) is 0 Å². The molecule has 0 spiro atoms. The fourth-order valence-corrected chi connectivity index (χ4v) is 2.66. The first-order chi connectivity index (χ1) is 10.9. The summed E-state index contributed by atoms with van der Waals surface area (Å²) in [4.78, 5) is 25.4. The first kappa shape index (κ1) is 17.3. The molecule has 6 heteroatoms. The molecule has 1 aromatic rings. The van der Waals surface area contributed by atoms with Gasteiger partial charge in [0.25, 0.3) is 0 Å². The van der Waals surface area contributed by atoms with E-state index in [-0.39, 0.29) is 12.0 Å². The number of ether oxygens (including phenoxy) is 1. The van der Waals surface area contributed by atoms with E-state index in [2.05, 4.69) is 5.32 Å². The number of carbonyl (C=O) groups is 2. The largest absolute Gasteiger partial charge is 0.462 e. The van der Waals surface area contributed by atoms with Gasteiger partial charge in [-0.15, -0.1) is 0 Å². The summed E-state index contributed by atoms with van der Waals surface area (Å²) in [6.07, 6.45) is 1.51. The third-order valence-corrected chi connectivity index (χ3v) is 3.87. The standard InChI is InChI=1S/C17H24N2O4/c1-3-23-15(20)14-7-5-13(6-8-14)11-18-16(21)19-10-4-9-17(2,22)12-19/h5-8,22H,3-4,9-12H2,1-2H3,(H,18,21)/t17-/m1/s1. The van der Waals surface area contributed by atoms with Crippen molar-refractivity contribution in [3.63, 3.8) is 0 Å². The van der Waals surface area contributed by atoms with Gasteiger partial charge in [-0.2, -0.15) is 0 Å². The van der Waals surface area contributed by atoms with Crippen LogP contribution < -0.4 is 5.32 Å². The Morgan fingerprint density at radius 1 is 1.35 bits per heavy atom. The molecule has 2 amide bonds. The number of urea groups is 1. The second-order valence-corrected chi connectivity index (χ2v) is 6.10. The summed E-state index contributed by atoms with van der Waals surface area (Å²) in [6, 6.07) is 6.77. The van der Waals surface area contributed by atoms with Crippen LogP contribution in [0, 0.1) is 0 Å². The van der Waals surface area contributed by atoms with Gasteiger partial charge < -0.3 is 20.1 Å². The molecule has 1 aliphatic heterocycles. The van der Waals surface area contributed by atoms with Gasteiger partial charge in [-0.25, -0.2) is 9.59 Å². The van der Waals surface area contributed by atoms with Crippen molar-refractivity contribution in [2.75, 3.05) is 19.7 Å². The first-order valence-corrected chi connectivity index (χ1v) is 7.92. The molecule has 0 bridgehead atoms. The minimum absolute atomic E-state index is 0.181. The van der Waals surface area contributed by atoms with Crippen LogP contribution in [0.5, 0.6) is 0 Å². The monoisotopic (exact) mass is 320 g/mol. The topological polar surface area (TPSA) is 78.9 Å². The third-order valence-electron chi connectivity index (χ3n) is 3.87. The third kappa shape index (κ3) is 4.96. The number of hydrogen-bond donors (Lipinski definition) is 2. The van der Waals surface area contributed by atoms with Crippen molar-refractivity contribution in [1.29, 1.82) is 0 Å². The van der Waals surface area contributed by atoms with Crippen LogP contribution in [0.3, 0.4) is 0 Å².